The molecule has 0 aromatic heterocycles. The van der Waals surface area contributed by atoms with Crippen LogP contribution in [0, 0.1) is 34.5 Å². The number of fused-ring (bicyclic) bond motifs is 3. The van der Waals surface area contributed by atoms with E-state index in [1.165, 1.54) is 5.57 Å². The van der Waals surface area contributed by atoms with Gasteiger partial charge in [0, 0.05) is 23.1 Å². The number of hydrogen-bond donors (Lipinski definition) is 1. The molecule has 5 rings (SSSR count). The Morgan fingerprint density at radius 2 is 1.77 bits per heavy atom. The van der Waals surface area contributed by atoms with E-state index in [-0.39, 0.29) is 28.8 Å². The third-order valence-corrected chi connectivity index (χ3v) is 11.1. The molecule has 190 valence electrons. The molecule has 0 amide bonds. The maximum absolute atomic E-state index is 14.5. The van der Waals surface area contributed by atoms with Gasteiger partial charge in [0.2, 0.25) is 5.79 Å². The van der Waals surface area contributed by atoms with Crippen molar-refractivity contribution in [2.45, 2.75) is 98.7 Å². The van der Waals surface area contributed by atoms with E-state index in [9.17, 15) is 19.5 Å². The predicted octanol–water partition coefficient (Wildman–Crippen LogP) is 5.62. The molecule has 1 heterocycles. The summed E-state index contributed by atoms with van der Waals surface area (Å²) in [6, 6.07) is 0. The van der Waals surface area contributed by atoms with Crippen molar-refractivity contribution >= 4 is 17.5 Å². The maximum atomic E-state index is 14.5. The Bertz CT molecular complexity index is 1110. The molecule has 0 radical (unpaired) electrons. The zero-order chi connectivity index (χ0) is 25.5. The molecule has 4 aliphatic carbocycles. The lowest BCUT2D eigenvalue weighted by molar-refractivity contribution is -0.213. The molecule has 0 aromatic rings. The Morgan fingerprint density at radius 3 is 2.49 bits per heavy atom. The Kier molecular flexibility index (Phi) is 5.64. The average Bonchev–Trinajstić information content (AvgIpc) is 3.01. The van der Waals surface area contributed by atoms with Gasteiger partial charge in [0.05, 0.1) is 5.92 Å². The molecule has 0 unspecified atom stereocenters. The second-order valence-electron chi connectivity index (χ2n) is 12.6. The summed E-state index contributed by atoms with van der Waals surface area (Å²) < 4.78 is 5.52. The molecule has 0 saturated heterocycles. The van der Waals surface area contributed by atoms with Crippen molar-refractivity contribution in [3.05, 3.63) is 33.9 Å². The van der Waals surface area contributed by atoms with E-state index in [1.807, 2.05) is 0 Å². The van der Waals surface area contributed by atoms with Crippen LogP contribution in [-0.2, 0) is 19.1 Å². The average molecular weight is 481 g/mol. The summed E-state index contributed by atoms with van der Waals surface area (Å²) in [5.41, 5.74) is 2.60. The van der Waals surface area contributed by atoms with Crippen LogP contribution in [0.15, 0.2) is 33.9 Å². The minimum Gasteiger partial charge on any atom is -0.426 e. The fourth-order valence-electron chi connectivity index (χ4n) is 8.30. The molecule has 5 aliphatic rings. The third-order valence-electron chi connectivity index (χ3n) is 11.1. The van der Waals surface area contributed by atoms with Crippen LogP contribution < -0.4 is 0 Å². The van der Waals surface area contributed by atoms with E-state index in [2.05, 4.69) is 27.7 Å². The molecule has 1 aliphatic heterocycles. The zero-order valence-electron chi connectivity index (χ0n) is 22.1. The first-order valence-corrected chi connectivity index (χ1v) is 13.5. The minimum absolute atomic E-state index is 0.0497. The molecule has 1 N–H and O–H groups in total. The van der Waals surface area contributed by atoms with Gasteiger partial charge in [0.1, 0.15) is 0 Å². The molecule has 0 aromatic carbocycles. The monoisotopic (exact) mass is 480 g/mol. The summed E-state index contributed by atoms with van der Waals surface area (Å²) in [6.07, 6.45) is 8.83. The van der Waals surface area contributed by atoms with Crippen LogP contribution in [0.25, 0.3) is 0 Å². The van der Waals surface area contributed by atoms with Gasteiger partial charge in [0.25, 0.3) is 0 Å². The van der Waals surface area contributed by atoms with Crippen molar-refractivity contribution in [1.82, 2.24) is 0 Å². The highest BCUT2D eigenvalue weighted by atomic mass is 16.7. The van der Waals surface area contributed by atoms with Gasteiger partial charge in [-0.15, -0.1) is 0 Å². The number of esters is 1. The SMILES string of the molecule is CC(C(=O)[C@@H]1C2=C(C)C(=O)O[C@@]2(O)C[C@H]2CCC[C@H](C)[C@]21C)=C1C[C@@]2(C)C(=CC1=O)CCC[C@@H]2C. The number of carbonyl (C=O) groups excluding carboxylic acids is 3. The van der Waals surface area contributed by atoms with Crippen LogP contribution in [0.4, 0.5) is 0 Å². The topological polar surface area (TPSA) is 80.7 Å². The van der Waals surface area contributed by atoms with E-state index in [1.54, 1.807) is 19.9 Å². The molecule has 5 heteroatoms. The summed E-state index contributed by atoms with van der Waals surface area (Å²) in [4.78, 5) is 40.5. The molecule has 0 spiro atoms. The number of carbonyl (C=O) groups is 3. The lowest BCUT2D eigenvalue weighted by Crippen LogP contribution is -2.57. The fraction of sp³-hybridized carbons (Fsp3) is 0.700. The molecular weight excluding hydrogens is 440 g/mol. The lowest BCUT2D eigenvalue weighted by Gasteiger charge is -2.57. The largest absolute Gasteiger partial charge is 0.426 e. The Morgan fingerprint density at radius 1 is 1.09 bits per heavy atom. The number of allylic oxidation sites excluding steroid dienone is 4. The Balaban J connectivity index is 1.64. The van der Waals surface area contributed by atoms with Crippen molar-refractivity contribution in [3.63, 3.8) is 0 Å². The van der Waals surface area contributed by atoms with Gasteiger partial charge < -0.3 is 9.84 Å². The first kappa shape index (κ1) is 24.7. The highest BCUT2D eigenvalue weighted by Gasteiger charge is 2.64. The van der Waals surface area contributed by atoms with Gasteiger partial charge >= 0.3 is 5.97 Å². The minimum atomic E-state index is -1.72. The van der Waals surface area contributed by atoms with Crippen LogP contribution in [0.1, 0.15) is 92.9 Å². The smallest absolute Gasteiger partial charge is 0.336 e. The quantitative estimate of drug-likeness (QED) is 0.410. The Hall–Kier alpha value is -2.01. The Labute approximate surface area is 209 Å². The van der Waals surface area contributed by atoms with Crippen LogP contribution in [0.5, 0.6) is 0 Å². The molecule has 7 atom stereocenters. The predicted molar refractivity (Wildman–Crippen MR) is 133 cm³/mol. The maximum Gasteiger partial charge on any atom is 0.336 e. The van der Waals surface area contributed by atoms with Crippen LogP contribution in [0.2, 0.25) is 0 Å². The third kappa shape index (κ3) is 3.33. The summed E-state index contributed by atoms with van der Waals surface area (Å²) in [5.74, 6) is -2.34. The van der Waals surface area contributed by atoms with E-state index in [4.69, 9.17) is 4.74 Å². The van der Waals surface area contributed by atoms with E-state index in [0.717, 1.165) is 38.5 Å². The number of ether oxygens (including phenoxy) is 1. The van der Waals surface area contributed by atoms with E-state index < -0.39 is 23.1 Å². The standard InChI is InChI=1S/C30H40O5/c1-16-9-7-11-20-13-23(31)22(15-28(16,20)5)18(3)26(32)25-24-19(4)27(33)35-30(24,34)14-21-12-8-10-17(2)29(21,25)6/h13,16-17,21,25,34H,7-12,14-15H2,1-6H3/t16-,17-,21+,25-,28+,29+,30-/m0/s1. The van der Waals surface area contributed by atoms with Crippen LogP contribution in [0.3, 0.4) is 0 Å². The summed E-state index contributed by atoms with van der Waals surface area (Å²) in [7, 11) is 0. The second kappa shape index (κ2) is 7.99. The van der Waals surface area contributed by atoms with Crippen LogP contribution in [-0.4, -0.2) is 28.4 Å². The molecule has 3 saturated carbocycles. The molecule has 0 bridgehead atoms. The normalized spacial score (nSPS) is 44.7. The van der Waals surface area contributed by atoms with Gasteiger partial charge in [-0.25, -0.2) is 4.79 Å². The highest BCUT2D eigenvalue weighted by Crippen LogP contribution is 2.63. The number of rotatable bonds is 2. The number of ketones is 2. The molecule has 35 heavy (non-hydrogen) atoms. The summed E-state index contributed by atoms with van der Waals surface area (Å²) in [6.45, 7) is 12.3. The highest BCUT2D eigenvalue weighted by molar-refractivity contribution is 6.13. The van der Waals surface area contributed by atoms with E-state index >= 15 is 0 Å². The second-order valence-corrected chi connectivity index (χ2v) is 12.6. The first-order valence-electron chi connectivity index (χ1n) is 13.5. The van der Waals surface area contributed by atoms with E-state index in [0.29, 0.717) is 41.1 Å². The van der Waals surface area contributed by atoms with Crippen LogP contribution >= 0.6 is 0 Å². The number of aliphatic hydroxyl groups is 1. The van der Waals surface area contributed by atoms with Gasteiger partial charge in [-0.1, -0.05) is 46.1 Å². The van der Waals surface area contributed by atoms with Gasteiger partial charge in [-0.05, 0) is 86.2 Å². The lowest BCUT2D eigenvalue weighted by atomic mass is 9.47. The molecular formula is C30H40O5. The van der Waals surface area contributed by atoms with Crippen molar-refractivity contribution in [2.75, 3.05) is 0 Å². The van der Waals surface area contributed by atoms with Gasteiger partial charge in [-0.3, -0.25) is 9.59 Å². The molecule has 5 nitrogen and oxygen atoms in total. The summed E-state index contributed by atoms with van der Waals surface area (Å²) in [5, 5.41) is 11.5. The van der Waals surface area contributed by atoms with Gasteiger partial charge in [-0.2, -0.15) is 0 Å². The molecule has 3 fully saturated rings. The van der Waals surface area contributed by atoms with Gasteiger partial charge in [0.15, 0.2) is 11.6 Å². The summed E-state index contributed by atoms with van der Waals surface area (Å²) >= 11 is 0. The number of hydrogen-bond acceptors (Lipinski definition) is 5. The van der Waals surface area contributed by atoms with Crippen molar-refractivity contribution < 1.29 is 24.2 Å². The fourth-order valence-corrected chi connectivity index (χ4v) is 8.30. The number of Topliss-reactive ketones (excluding diaryl/α,β-unsaturated/α-hetero) is 1. The van der Waals surface area contributed by atoms with Crippen molar-refractivity contribution in [2.24, 2.45) is 34.5 Å². The first-order chi connectivity index (χ1) is 16.3. The van der Waals surface area contributed by atoms with Crippen molar-refractivity contribution in [1.29, 1.82) is 0 Å². The zero-order valence-corrected chi connectivity index (χ0v) is 22.1. The van der Waals surface area contributed by atoms with Crippen molar-refractivity contribution in [3.8, 4) is 0 Å².